The minimum atomic E-state index is -1.62. The Bertz CT molecular complexity index is 963. The molecule has 0 radical (unpaired) electrons. The van der Waals surface area contributed by atoms with E-state index in [0.29, 0.717) is 0 Å². The molecule has 2 N–H and O–H groups in total. The van der Waals surface area contributed by atoms with Crippen LogP contribution in [0.25, 0.3) is 0 Å². The molecule has 2 aromatic carbocycles. The van der Waals surface area contributed by atoms with E-state index >= 15 is 0 Å². The largest absolute Gasteiger partial charge is 0.336 e. The molecule has 0 unspecified atom stereocenters. The van der Waals surface area contributed by atoms with Crippen molar-refractivity contribution in [3.63, 3.8) is 0 Å². The number of nitrogens with zero attached hydrogens (tertiary/aromatic N) is 2. The topological polar surface area (TPSA) is 66.9 Å². The molecule has 9 heteroatoms. The maximum Gasteiger partial charge on any atom is 0.276 e. The van der Waals surface area contributed by atoms with Crippen LogP contribution >= 0.6 is 0 Å². The third-order valence-electron chi connectivity index (χ3n) is 3.32. The van der Waals surface area contributed by atoms with Crippen molar-refractivity contribution in [2.45, 2.75) is 0 Å². The van der Waals surface area contributed by atoms with Crippen molar-refractivity contribution >= 4 is 23.1 Å². The molecule has 26 heavy (non-hydrogen) atoms. The second-order valence-corrected chi connectivity index (χ2v) is 5.09. The molecule has 132 valence electrons. The first-order valence-corrected chi connectivity index (χ1v) is 7.26. The van der Waals surface area contributed by atoms with Gasteiger partial charge in [-0.25, -0.2) is 17.6 Å². The maximum atomic E-state index is 13.6. The summed E-state index contributed by atoms with van der Waals surface area (Å²) in [5, 5.41) is 12.0. The predicted molar refractivity (Wildman–Crippen MR) is 86.0 cm³/mol. The molecule has 3 rings (SSSR count). The van der Waals surface area contributed by atoms with E-state index in [1.165, 1.54) is 30.3 Å². The normalized spacial score (nSPS) is 10.5. The van der Waals surface area contributed by atoms with Gasteiger partial charge in [0.2, 0.25) is 0 Å². The number of carbonyl (C=O) groups is 1. The summed E-state index contributed by atoms with van der Waals surface area (Å²) in [6, 6.07) is 9.87. The molecule has 3 aromatic rings. The lowest BCUT2D eigenvalue weighted by Crippen LogP contribution is -2.15. The number of rotatable bonds is 4. The zero-order valence-electron chi connectivity index (χ0n) is 12.9. The van der Waals surface area contributed by atoms with Crippen LogP contribution in [0.1, 0.15) is 10.5 Å². The molecule has 5 nitrogen and oxygen atoms in total. The summed E-state index contributed by atoms with van der Waals surface area (Å²) in [6.07, 6.45) is 0. The number of benzene rings is 2. The Morgan fingerprint density at radius 1 is 0.769 bits per heavy atom. The molecule has 0 bridgehead atoms. The van der Waals surface area contributed by atoms with Crippen molar-refractivity contribution in [1.82, 2.24) is 10.2 Å². The smallest absolute Gasteiger partial charge is 0.276 e. The van der Waals surface area contributed by atoms with Crippen LogP contribution in [0.5, 0.6) is 0 Å². The second-order valence-electron chi connectivity index (χ2n) is 5.09. The molecular formula is C17H10F4N4O. The Labute approximate surface area is 144 Å². The zero-order chi connectivity index (χ0) is 18.7. The summed E-state index contributed by atoms with van der Waals surface area (Å²) in [5.74, 6) is -5.66. The number of halogens is 4. The van der Waals surface area contributed by atoms with Gasteiger partial charge in [-0.3, -0.25) is 4.79 Å². The summed E-state index contributed by atoms with van der Waals surface area (Å²) in [6.45, 7) is 0. The highest BCUT2D eigenvalue weighted by molar-refractivity contribution is 6.02. The minimum absolute atomic E-state index is 0.00245. The van der Waals surface area contributed by atoms with Crippen molar-refractivity contribution < 1.29 is 22.4 Å². The Morgan fingerprint density at radius 3 is 2.23 bits per heavy atom. The van der Waals surface area contributed by atoms with Crippen LogP contribution in [-0.2, 0) is 0 Å². The van der Waals surface area contributed by atoms with Crippen molar-refractivity contribution in [1.29, 1.82) is 0 Å². The van der Waals surface area contributed by atoms with Crippen LogP contribution in [0.3, 0.4) is 0 Å². The second kappa shape index (κ2) is 7.18. The van der Waals surface area contributed by atoms with E-state index in [1.54, 1.807) is 6.07 Å². The highest BCUT2D eigenvalue weighted by Gasteiger charge is 2.15. The first kappa shape index (κ1) is 17.3. The van der Waals surface area contributed by atoms with Crippen LogP contribution in [0, 0.1) is 23.3 Å². The summed E-state index contributed by atoms with van der Waals surface area (Å²) < 4.78 is 53.2. The Kier molecular flexibility index (Phi) is 4.78. The highest BCUT2D eigenvalue weighted by atomic mass is 19.2. The molecule has 0 spiro atoms. The van der Waals surface area contributed by atoms with Gasteiger partial charge in [-0.2, -0.15) is 0 Å². The van der Waals surface area contributed by atoms with Gasteiger partial charge in [0.15, 0.2) is 29.0 Å². The quantitative estimate of drug-likeness (QED) is 0.543. The maximum absolute atomic E-state index is 13.6. The van der Waals surface area contributed by atoms with Gasteiger partial charge >= 0.3 is 0 Å². The summed E-state index contributed by atoms with van der Waals surface area (Å²) in [4.78, 5) is 12.0. The van der Waals surface area contributed by atoms with Crippen LogP contribution in [0.15, 0.2) is 48.5 Å². The molecule has 0 saturated heterocycles. The van der Waals surface area contributed by atoms with E-state index in [2.05, 4.69) is 20.8 Å². The Morgan fingerprint density at radius 2 is 1.54 bits per heavy atom. The number of amides is 1. The third-order valence-corrected chi connectivity index (χ3v) is 3.32. The molecular weight excluding hydrogens is 352 g/mol. The number of para-hydroxylation sites is 1. The van der Waals surface area contributed by atoms with Crippen molar-refractivity contribution in [2.24, 2.45) is 0 Å². The molecule has 1 amide bonds. The fourth-order valence-electron chi connectivity index (χ4n) is 2.03. The van der Waals surface area contributed by atoms with E-state index in [0.717, 1.165) is 12.1 Å². The monoisotopic (exact) mass is 362 g/mol. The van der Waals surface area contributed by atoms with Gasteiger partial charge in [-0.05, 0) is 36.4 Å². The number of hydrogen-bond acceptors (Lipinski definition) is 4. The standard InChI is InChI=1S/C17H10F4N4O/c18-9-3-1-2-4-11(9)23-17(26)13-7-8-14(25-24-13)22-12-6-5-10(19)15(20)16(12)21/h1-8H,(H,22,25)(H,23,26). The molecule has 1 heterocycles. The predicted octanol–water partition coefficient (Wildman–Crippen LogP) is 4.03. The first-order chi connectivity index (χ1) is 12.5. The number of carbonyl (C=O) groups excluding carboxylic acids is 1. The molecule has 0 aliphatic rings. The SMILES string of the molecule is O=C(Nc1ccccc1F)c1ccc(Nc2ccc(F)c(F)c2F)nn1. The van der Waals surface area contributed by atoms with Gasteiger partial charge < -0.3 is 10.6 Å². The van der Waals surface area contributed by atoms with Crippen LogP contribution in [0.2, 0.25) is 0 Å². The zero-order valence-corrected chi connectivity index (χ0v) is 12.9. The minimum Gasteiger partial charge on any atom is -0.336 e. The third kappa shape index (κ3) is 3.61. The molecule has 0 atom stereocenters. The van der Waals surface area contributed by atoms with Crippen LogP contribution < -0.4 is 10.6 Å². The van der Waals surface area contributed by atoms with Crippen molar-refractivity contribution in [3.05, 3.63) is 77.5 Å². The van der Waals surface area contributed by atoms with Gasteiger partial charge in [0.05, 0.1) is 11.4 Å². The summed E-state index contributed by atoms with van der Waals surface area (Å²) in [7, 11) is 0. The first-order valence-electron chi connectivity index (χ1n) is 7.26. The van der Waals surface area contributed by atoms with E-state index < -0.39 is 29.2 Å². The molecule has 0 saturated carbocycles. The lowest BCUT2D eigenvalue weighted by Gasteiger charge is -2.08. The lowest BCUT2D eigenvalue weighted by atomic mass is 10.2. The number of hydrogen-bond donors (Lipinski definition) is 2. The summed E-state index contributed by atoms with van der Waals surface area (Å²) in [5.41, 5.74) is -0.489. The highest BCUT2D eigenvalue weighted by Crippen LogP contribution is 2.22. The molecule has 1 aromatic heterocycles. The van der Waals surface area contributed by atoms with Crippen molar-refractivity contribution in [2.75, 3.05) is 10.6 Å². The van der Waals surface area contributed by atoms with E-state index in [4.69, 9.17) is 0 Å². The molecule has 0 aliphatic carbocycles. The van der Waals surface area contributed by atoms with Crippen LogP contribution in [-0.4, -0.2) is 16.1 Å². The van der Waals surface area contributed by atoms with Gasteiger partial charge in [0.25, 0.3) is 5.91 Å². The molecule has 0 fully saturated rings. The molecule has 0 aliphatic heterocycles. The number of aromatic nitrogens is 2. The van der Waals surface area contributed by atoms with Crippen LogP contribution in [0.4, 0.5) is 34.8 Å². The van der Waals surface area contributed by atoms with Gasteiger partial charge in [-0.15, -0.1) is 10.2 Å². The number of nitrogens with one attached hydrogen (secondary N) is 2. The fraction of sp³-hybridized carbons (Fsp3) is 0. The average molecular weight is 362 g/mol. The Hall–Kier alpha value is -3.49. The van der Waals surface area contributed by atoms with Crippen molar-refractivity contribution in [3.8, 4) is 0 Å². The van der Waals surface area contributed by atoms with E-state index in [1.807, 2.05) is 0 Å². The van der Waals surface area contributed by atoms with Gasteiger partial charge in [-0.1, -0.05) is 12.1 Å². The average Bonchev–Trinajstić information content (AvgIpc) is 2.64. The fourth-order valence-corrected chi connectivity index (χ4v) is 2.03. The lowest BCUT2D eigenvalue weighted by molar-refractivity contribution is 0.102. The van der Waals surface area contributed by atoms with E-state index in [-0.39, 0.29) is 22.9 Å². The van der Waals surface area contributed by atoms with E-state index in [9.17, 15) is 22.4 Å². The van der Waals surface area contributed by atoms with Gasteiger partial charge in [0.1, 0.15) is 5.82 Å². The number of anilines is 3. The summed E-state index contributed by atoms with van der Waals surface area (Å²) >= 11 is 0. The Balaban J connectivity index is 1.73. The van der Waals surface area contributed by atoms with Gasteiger partial charge in [0, 0.05) is 0 Å².